The van der Waals surface area contributed by atoms with E-state index in [0.29, 0.717) is 21.3 Å². The molecule has 0 radical (unpaired) electrons. The number of hydrogen-bond donors (Lipinski definition) is 2. The van der Waals surface area contributed by atoms with Gasteiger partial charge in [-0.1, -0.05) is 35.3 Å². The Labute approximate surface area is 138 Å². The summed E-state index contributed by atoms with van der Waals surface area (Å²) < 4.78 is 0. The van der Waals surface area contributed by atoms with Crippen LogP contribution in [0, 0.1) is 0 Å². The van der Waals surface area contributed by atoms with Crippen molar-refractivity contribution in [1.29, 1.82) is 0 Å². The minimum Gasteiger partial charge on any atom is -0.481 e. The number of aliphatic carboxylic acids is 1. The number of pyridine rings is 1. The van der Waals surface area contributed by atoms with Crippen molar-refractivity contribution in [2.75, 3.05) is 0 Å². The maximum absolute atomic E-state index is 10.9. The summed E-state index contributed by atoms with van der Waals surface area (Å²) in [5.74, 6) is -1.38. The predicted molar refractivity (Wildman–Crippen MR) is 85.3 cm³/mol. The van der Waals surface area contributed by atoms with Crippen LogP contribution >= 0.6 is 23.2 Å². The molecule has 0 saturated carbocycles. The summed E-state index contributed by atoms with van der Waals surface area (Å²) in [6.45, 7) is 0. The Bertz CT molecular complexity index is 646. The largest absolute Gasteiger partial charge is 0.481 e. The van der Waals surface area contributed by atoms with Crippen molar-refractivity contribution in [3.63, 3.8) is 0 Å². The molecule has 0 saturated heterocycles. The third-order valence-corrected chi connectivity index (χ3v) is 3.87. The van der Waals surface area contributed by atoms with E-state index in [1.165, 1.54) is 0 Å². The molecule has 0 aliphatic carbocycles. The molecular formula is C16H15Cl2NO3. The molecule has 0 aliphatic heterocycles. The Morgan fingerprint density at radius 2 is 1.82 bits per heavy atom. The summed E-state index contributed by atoms with van der Waals surface area (Å²) in [5.41, 5.74) is 1.22. The van der Waals surface area contributed by atoms with Crippen molar-refractivity contribution in [3.8, 4) is 0 Å². The van der Waals surface area contributed by atoms with Gasteiger partial charge in [0.25, 0.3) is 0 Å². The second-order valence-electron chi connectivity index (χ2n) is 4.93. The lowest BCUT2D eigenvalue weighted by atomic mass is 9.88. The molecule has 2 N–H and O–H groups in total. The molecule has 0 unspecified atom stereocenters. The minimum atomic E-state index is -0.921. The Morgan fingerprint density at radius 3 is 2.41 bits per heavy atom. The van der Waals surface area contributed by atoms with Gasteiger partial charge in [0.2, 0.25) is 0 Å². The lowest BCUT2D eigenvalue weighted by Gasteiger charge is -2.22. The SMILES string of the molecule is O=C(O)CC[C@H](c1cc(Cl)ccn1)[C@@H](O)c1ccc(Cl)cc1. The molecule has 2 rings (SSSR count). The van der Waals surface area contributed by atoms with Gasteiger partial charge in [0.05, 0.1) is 6.10 Å². The zero-order chi connectivity index (χ0) is 16.1. The highest BCUT2D eigenvalue weighted by Gasteiger charge is 2.25. The minimum absolute atomic E-state index is 0.0660. The van der Waals surface area contributed by atoms with Crippen molar-refractivity contribution in [2.24, 2.45) is 0 Å². The van der Waals surface area contributed by atoms with Crippen LogP contribution < -0.4 is 0 Å². The smallest absolute Gasteiger partial charge is 0.303 e. The topological polar surface area (TPSA) is 70.4 Å². The van der Waals surface area contributed by atoms with Crippen LogP contribution in [0.3, 0.4) is 0 Å². The van der Waals surface area contributed by atoms with Crippen LogP contribution in [0.5, 0.6) is 0 Å². The Hall–Kier alpha value is -1.62. The van der Waals surface area contributed by atoms with Gasteiger partial charge >= 0.3 is 5.97 Å². The third-order valence-electron chi connectivity index (χ3n) is 3.38. The van der Waals surface area contributed by atoms with Gasteiger partial charge in [-0.15, -0.1) is 0 Å². The fourth-order valence-electron chi connectivity index (χ4n) is 2.26. The van der Waals surface area contributed by atoms with Gasteiger partial charge in [-0.3, -0.25) is 9.78 Å². The molecule has 116 valence electrons. The second-order valence-corrected chi connectivity index (χ2v) is 5.81. The van der Waals surface area contributed by atoms with Gasteiger partial charge in [0, 0.05) is 34.3 Å². The monoisotopic (exact) mass is 339 g/mol. The first kappa shape index (κ1) is 16.7. The first-order valence-corrected chi connectivity index (χ1v) is 7.49. The van der Waals surface area contributed by atoms with E-state index in [2.05, 4.69) is 4.98 Å². The Morgan fingerprint density at radius 1 is 1.14 bits per heavy atom. The number of benzene rings is 1. The van der Waals surface area contributed by atoms with Gasteiger partial charge in [-0.25, -0.2) is 0 Å². The summed E-state index contributed by atoms with van der Waals surface area (Å²) in [5, 5.41) is 20.6. The molecule has 1 heterocycles. The number of carboxylic acids is 1. The highest BCUT2D eigenvalue weighted by Crippen LogP contribution is 2.34. The molecule has 0 fully saturated rings. The van der Waals surface area contributed by atoms with Gasteiger partial charge in [-0.2, -0.15) is 0 Å². The quantitative estimate of drug-likeness (QED) is 0.832. The predicted octanol–water partition coefficient (Wildman–Crippen LogP) is 4.07. The van der Waals surface area contributed by atoms with Crippen molar-refractivity contribution < 1.29 is 15.0 Å². The summed E-state index contributed by atoms with van der Waals surface area (Å²) in [6.07, 6.45) is 0.846. The van der Waals surface area contributed by atoms with Crippen LogP contribution in [0.15, 0.2) is 42.6 Å². The summed E-state index contributed by atoms with van der Waals surface area (Å²) >= 11 is 11.8. The highest BCUT2D eigenvalue weighted by molar-refractivity contribution is 6.30. The average Bonchev–Trinajstić information content (AvgIpc) is 2.48. The van der Waals surface area contributed by atoms with Gasteiger partial charge in [0.1, 0.15) is 0 Å². The maximum atomic E-state index is 10.9. The van der Waals surface area contributed by atoms with Crippen LogP contribution in [-0.4, -0.2) is 21.2 Å². The van der Waals surface area contributed by atoms with E-state index < -0.39 is 18.0 Å². The molecular weight excluding hydrogens is 325 g/mol. The number of nitrogens with zero attached hydrogens (tertiary/aromatic N) is 1. The second kappa shape index (κ2) is 7.58. The van der Waals surface area contributed by atoms with Crippen molar-refractivity contribution >= 4 is 29.2 Å². The van der Waals surface area contributed by atoms with Gasteiger partial charge < -0.3 is 10.2 Å². The third kappa shape index (κ3) is 4.44. The van der Waals surface area contributed by atoms with Crippen molar-refractivity contribution in [2.45, 2.75) is 24.9 Å². The lowest BCUT2D eigenvalue weighted by Crippen LogP contribution is -2.14. The number of aliphatic hydroxyl groups excluding tert-OH is 1. The van der Waals surface area contributed by atoms with Crippen molar-refractivity contribution in [1.82, 2.24) is 4.98 Å². The summed E-state index contributed by atoms with van der Waals surface area (Å²) in [6, 6.07) is 10.1. The van der Waals surface area contributed by atoms with E-state index in [1.807, 2.05) is 0 Å². The number of carbonyl (C=O) groups is 1. The van der Waals surface area contributed by atoms with Crippen LogP contribution in [0.4, 0.5) is 0 Å². The van der Waals surface area contributed by atoms with E-state index in [4.69, 9.17) is 28.3 Å². The lowest BCUT2D eigenvalue weighted by molar-refractivity contribution is -0.137. The van der Waals surface area contributed by atoms with E-state index in [0.717, 1.165) is 0 Å². The standard InChI is InChI=1S/C16H15Cl2NO3/c17-11-3-1-10(2-4-11)16(22)13(5-6-15(20)21)14-9-12(18)7-8-19-14/h1-4,7-9,13,16,22H,5-6H2,(H,20,21)/t13-,16+/m1/s1. The fourth-order valence-corrected chi connectivity index (χ4v) is 2.56. The first-order chi connectivity index (χ1) is 10.5. The van der Waals surface area contributed by atoms with E-state index in [-0.39, 0.29) is 12.8 Å². The first-order valence-electron chi connectivity index (χ1n) is 6.74. The molecule has 0 bridgehead atoms. The number of aliphatic hydroxyl groups is 1. The molecule has 0 aliphatic rings. The molecule has 2 aromatic rings. The molecule has 0 amide bonds. The molecule has 2 atom stereocenters. The number of rotatable bonds is 6. The van der Waals surface area contributed by atoms with E-state index in [9.17, 15) is 9.90 Å². The molecule has 6 heteroatoms. The van der Waals surface area contributed by atoms with Gasteiger partial charge in [0.15, 0.2) is 0 Å². The van der Waals surface area contributed by atoms with Crippen LogP contribution in [0.25, 0.3) is 0 Å². The summed E-state index contributed by atoms with van der Waals surface area (Å²) in [4.78, 5) is 15.1. The van der Waals surface area contributed by atoms with Crippen molar-refractivity contribution in [3.05, 3.63) is 63.9 Å². The maximum Gasteiger partial charge on any atom is 0.303 e. The number of halogens is 2. The number of aromatic nitrogens is 1. The molecule has 22 heavy (non-hydrogen) atoms. The van der Waals surface area contributed by atoms with Crippen LogP contribution in [0.1, 0.15) is 36.1 Å². The highest BCUT2D eigenvalue weighted by atomic mass is 35.5. The van der Waals surface area contributed by atoms with Gasteiger partial charge in [-0.05, 0) is 36.2 Å². The van der Waals surface area contributed by atoms with E-state index in [1.54, 1.807) is 42.6 Å². The normalized spacial score (nSPS) is 13.6. The van der Waals surface area contributed by atoms with E-state index >= 15 is 0 Å². The summed E-state index contributed by atoms with van der Waals surface area (Å²) in [7, 11) is 0. The molecule has 1 aromatic carbocycles. The van der Waals surface area contributed by atoms with Crippen LogP contribution in [0.2, 0.25) is 10.0 Å². The fraction of sp³-hybridized carbons (Fsp3) is 0.250. The molecule has 1 aromatic heterocycles. The average molecular weight is 340 g/mol. The number of hydrogen-bond acceptors (Lipinski definition) is 3. The Balaban J connectivity index is 2.30. The molecule has 0 spiro atoms. The Kier molecular flexibility index (Phi) is 5.77. The number of carboxylic acid groups (broad SMARTS) is 1. The zero-order valence-electron chi connectivity index (χ0n) is 11.6. The van der Waals surface area contributed by atoms with Crippen LogP contribution in [-0.2, 0) is 4.79 Å². The zero-order valence-corrected chi connectivity index (χ0v) is 13.1. The molecule has 4 nitrogen and oxygen atoms in total.